The van der Waals surface area contributed by atoms with Gasteiger partial charge in [-0.25, -0.2) is 4.79 Å². The van der Waals surface area contributed by atoms with Gasteiger partial charge in [-0.15, -0.1) is 0 Å². The molecule has 0 saturated carbocycles. The molecule has 0 heterocycles. The number of rotatable bonds is 6. The number of ether oxygens (including phenoxy) is 2. The number of aliphatic hydroxyl groups excluding tert-OH is 1. The van der Waals surface area contributed by atoms with E-state index in [4.69, 9.17) is 14.6 Å². The molecular weight excluding hydrogens is 250 g/mol. The molecule has 0 radical (unpaired) electrons. The van der Waals surface area contributed by atoms with Crippen LogP contribution in [0, 0.1) is 0 Å². The van der Waals surface area contributed by atoms with Crippen molar-refractivity contribution >= 4 is 12.1 Å². The molecule has 0 aromatic carbocycles. The van der Waals surface area contributed by atoms with Gasteiger partial charge in [0.2, 0.25) is 0 Å². The third-order valence-corrected chi connectivity index (χ3v) is 1.93. The Labute approximate surface area is 113 Å². The lowest BCUT2D eigenvalue weighted by molar-refractivity contribution is -0.155. The molecule has 0 aliphatic carbocycles. The van der Waals surface area contributed by atoms with Crippen molar-refractivity contribution in [3.05, 3.63) is 12.3 Å². The molecule has 6 heteroatoms. The summed E-state index contributed by atoms with van der Waals surface area (Å²) < 4.78 is 9.82. The monoisotopic (exact) mass is 273 g/mol. The van der Waals surface area contributed by atoms with Gasteiger partial charge in [0.25, 0.3) is 0 Å². The van der Waals surface area contributed by atoms with Crippen LogP contribution in [0.2, 0.25) is 0 Å². The predicted octanol–water partition coefficient (Wildman–Crippen LogP) is 1.73. The Morgan fingerprint density at radius 3 is 2.37 bits per heavy atom. The number of aliphatic hydroxyl groups is 1. The molecule has 2 N–H and O–H groups in total. The zero-order valence-corrected chi connectivity index (χ0v) is 12.0. The molecule has 19 heavy (non-hydrogen) atoms. The summed E-state index contributed by atoms with van der Waals surface area (Å²) >= 11 is 0. The number of nitrogens with one attached hydrogen (secondary N) is 1. The molecule has 0 aliphatic rings. The second-order valence-corrected chi connectivity index (χ2v) is 5.24. The Hall–Kier alpha value is -1.56. The Morgan fingerprint density at radius 2 is 1.95 bits per heavy atom. The van der Waals surface area contributed by atoms with Crippen LogP contribution in [-0.4, -0.2) is 35.4 Å². The van der Waals surface area contributed by atoms with Crippen molar-refractivity contribution in [2.24, 2.45) is 0 Å². The maximum Gasteiger partial charge on any atom is 0.412 e. The molecule has 0 aromatic rings. The second kappa shape index (κ2) is 7.78. The minimum atomic E-state index is -0.698. The smallest absolute Gasteiger partial charge is 0.412 e. The van der Waals surface area contributed by atoms with E-state index in [0.717, 1.165) is 0 Å². The van der Waals surface area contributed by atoms with Crippen molar-refractivity contribution in [2.45, 2.75) is 52.2 Å². The number of carbonyl (C=O) groups excluding carboxylic acids is 2. The number of hydrogen-bond donors (Lipinski definition) is 2. The molecular formula is C13H23NO5. The van der Waals surface area contributed by atoms with Gasteiger partial charge in [0.15, 0.2) is 0 Å². The van der Waals surface area contributed by atoms with E-state index in [0.29, 0.717) is 0 Å². The molecule has 0 bridgehead atoms. The molecule has 0 unspecified atom stereocenters. The topological polar surface area (TPSA) is 84.9 Å². The molecule has 0 spiro atoms. The van der Waals surface area contributed by atoms with Crippen molar-refractivity contribution in [1.82, 2.24) is 5.32 Å². The fourth-order valence-corrected chi connectivity index (χ4v) is 1.25. The lowest BCUT2D eigenvalue weighted by Gasteiger charge is -2.20. The first-order valence-electron chi connectivity index (χ1n) is 6.10. The van der Waals surface area contributed by atoms with E-state index in [-0.39, 0.29) is 31.2 Å². The SMILES string of the molecule is C=C(C)OC(=O)N[C@H](CO)CCC(=O)OC(C)(C)C. The zero-order valence-electron chi connectivity index (χ0n) is 12.0. The number of carbonyl (C=O) groups is 2. The third kappa shape index (κ3) is 10.1. The van der Waals surface area contributed by atoms with Gasteiger partial charge < -0.3 is 19.9 Å². The first-order chi connectivity index (χ1) is 8.64. The van der Waals surface area contributed by atoms with Gasteiger partial charge in [0.1, 0.15) is 5.60 Å². The van der Waals surface area contributed by atoms with E-state index in [9.17, 15) is 9.59 Å². The normalized spacial score (nSPS) is 12.5. The minimum Gasteiger partial charge on any atom is -0.460 e. The van der Waals surface area contributed by atoms with Crippen LogP contribution < -0.4 is 5.32 Å². The van der Waals surface area contributed by atoms with Gasteiger partial charge in [0.05, 0.1) is 18.4 Å². The first-order valence-corrected chi connectivity index (χ1v) is 6.10. The van der Waals surface area contributed by atoms with Crippen LogP contribution in [0.1, 0.15) is 40.5 Å². The van der Waals surface area contributed by atoms with Crippen LogP contribution in [0.5, 0.6) is 0 Å². The van der Waals surface area contributed by atoms with E-state index in [1.165, 1.54) is 6.92 Å². The fourth-order valence-electron chi connectivity index (χ4n) is 1.25. The predicted molar refractivity (Wildman–Crippen MR) is 70.4 cm³/mol. The number of hydrogen-bond acceptors (Lipinski definition) is 5. The average molecular weight is 273 g/mol. The Morgan fingerprint density at radius 1 is 1.37 bits per heavy atom. The summed E-state index contributed by atoms with van der Waals surface area (Å²) in [6.07, 6.45) is -0.317. The molecule has 0 fully saturated rings. The van der Waals surface area contributed by atoms with E-state index in [1.807, 2.05) is 0 Å². The van der Waals surface area contributed by atoms with E-state index >= 15 is 0 Å². The van der Waals surface area contributed by atoms with E-state index in [2.05, 4.69) is 11.9 Å². The van der Waals surface area contributed by atoms with Crippen molar-refractivity contribution in [3.63, 3.8) is 0 Å². The lowest BCUT2D eigenvalue weighted by atomic mass is 10.1. The molecule has 0 rings (SSSR count). The lowest BCUT2D eigenvalue weighted by Crippen LogP contribution is -2.38. The standard InChI is InChI=1S/C13H23NO5/c1-9(2)18-12(17)14-10(8-15)6-7-11(16)19-13(3,4)5/h10,15H,1,6-8H2,2-5H3,(H,14,17)/t10-/m0/s1. The van der Waals surface area contributed by atoms with E-state index in [1.54, 1.807) is 20.8 Å². The van der Waals surface area contributed by atoms with Crippen LogP contribution in [0.3, 0.4) is 0 Å². The van der Waals surface area contributed by atoms with Gasteiger partial charge >= 0.3 is 12.1 Å². The Balaban J connectivity index is 4.10. The van der Waals surface area contributed by atoms with Gasteiger partial charge in [0, 0.05) is 6.42 Å². The van der Waals surface area contributed by atoms with Crippen molar-refractivity contribution in [2.75, 3.05) is 6.61 Å². The summed E-state index contributed by atoms with van der Waals surface area (Å²) in [5.74, 6) is -0.123. The summed E-state index contributed by atoms with van der Waals surface area (Å²) in [5.41, 5.74) is -0.544. The summed E-state index contributed by atoms with van der Waals surface area (Å²) in [4.78, 5) is 22.8. The highest BCUT2D eigenvalue weighted by molar-refractivity contribution is 5.70. The molecule has 110 valence electrons. The highest BCUT2D eigenvalue weighted by Crippen LogP contribution is 2.10. The van der Waals surface area contributed by atoms with Crippen LogP contribution in [0.4, 0.5) is 4.79 Å². The Bertz CT molecular complexity index is 332. The minimum absolute atomic E-state index is 0.107. The van der Waals surface area contributed by atoms with Crippen LogP contribution in [0.25, 0.3) is 0 Å². The number of esters is 1. The van der Waals surface area contributed by atoms with Gasteiger partial charge in [-0.1, -0.05) is 6.58 Å². The molecule has 1 amide bonds. The summed E-state index contributed by atoms with van der Waals surface area (Å²) in [6, 6.07) is -0.556. The fraction of sp³-hybridized carbons (Fsp3) is 0.692. The van der Waals surface area contributed by atoms with Crippen molar-refractivity contribution in [3.8, 4) is 0 Å². The Kier molecular flexibility index (Phi) is 7.14. The number of allylic oxidation sites excluding steroid dienone is 1. The zero-order chi connectivity index (χ0) is 15.1. The van der Waals surface area contributed by atoms with E-state index < -0.39 is 17.7 Å². The molecule has 1 atom stereocenters. The molecule has 6 nitrogen and oxygen atoms in total. The summed E-state index contributed by atoms with van der Waals surface area (Å²) in [6.45, 7) is 10.00. The molecule has 0 aromatic heterocycles. The van der Waals surface area contributed by atoms with Crippen molar-refractivity contribution < 1.29 is 24.2 Å². The highest BCUT2D eigenvalue weighted by atomic mass is 16.6. The summed E-state index contributed by atoms with van der Waals surface area (Å²) in [7, 11) is 0. The van der Waals surface area contributed by atoms with Gasteiger partial charge in [-0.2, -0.15) is 0 Å². The largest absolute Gasteiger partial charge is 0.460 e. The first kappa shape index (κ1) is 17.4. The number of alkyl carbamates (subject to hydrolysis) is 1. The molecule has 0 saturated heterocycles. The third-order valence-electron chi connectivity index (χ3n) is 1.93. The van der Waals surface area contributed by atoms with Crippen LogP contribution in [0.15, 0.2) is 12.3 Å². The molecule has 0 aliphatic heterocycles. The van der Waals surface area contributed by atoms with Crippen molar-refractivity contribution in [1.29, 1.82) is 0 Å². The van der Waals surface area contributed by atoms with Gasteiger partial charge in [-0.05, 0) is 34.1 Å². The van der Waals surface area contributed by atoms with Gasteiger partial charge in [-0.3, -0.25) is 4.79 Å². The number of amides is 1. The quantitative estimate of drug-likeness (QED) is 0.568. The average Bonchev–Trinajstić information content (AvgIpc) is 2.20. The summed E-state index contributed by atoms with van der Waals surface area (Å²) in [5, 5.41) is 11.5. The maximum absolute atomic E-state index is 11.5. The highest BCUT2D eigenvalue weighted by Gasteiger charge is 2.19. The second-order valence-electron chi connectivity index (χ2n) is 5.24. The van der Waals surface area contributed by atoms with Crippen LogP contribution in [-0.2, 0) is 14.3 Å². The maximum atomic E-state index is 11.5. The van der Waals surface area contributed by atoms with Crippen LogP contribution >= 0.6 is 0 Å².